The van der Waals surface area contributed by atoms with Crippen LogP contribution in [0.3, 0.4) is 0 Å². The molecule has 0 heterocycles. The zero-order valence-corrected chi connectivity index (χ0v) is 13.7. The van der Waals surface area contributed by atoms with E-state index in [1.165, 1.54) is 12.8 Å². The van der Waals surface area contributed by atoms with Crippen molar-refractivity contribution in [2.75, 3.05) is 13.2 Å². The van der Waals surface area contributed by atoms with E-state index in [1.807, 2.05) is 0 Å². The standard InChI is InChI=1S/C17H32O3/c1-5-6-7-8-9-10-11-14-19-16(18)20-15-12-13-17(2,3)4/h8-9H,5-7,10-15H2,1-4H3/b9-8-. The first kappa shape index (κ1) is 19.0. The third-order valence-electron chi connectivity index (χ3n) is 2.92. The van der Waals surface area contributed by atoms with Crippen LogP contribution in [0.25, 0.3) is 0 Å². The smallest absolute Gasteiger partial charge is 0.434 e. The highest BCUT2D eigenvalue weighted by Gasteiger charge is 2.10. The van der Waals surface area contributed by atoms with Crippen LogP contribution in [0.4, 0.5) is 4.79 Å². The molecule has 0 unspecified atom stereocenters. The predicted molar refractivity (Wildman–Crippen MR) is 83.9 cm³/mol. The van der Waals surface area contributed by atoms with E-state index in [4.69, 9.17) is 9.47 Å². The van der Waals surface area contributed by atoms with Gasteiger partial charge in [0.15, 0.2) is 0 Å². The molecular formula is C17H32O3. The van der Waals surface area contributed by atoms with Crippen molar-refractivity contribution in [1.29, 1.82) is 0 Å². The number of ether oxygens (including phenoxy) is 2. The summed E-state index contributed by atoms with van der Waals surface area (Å²) in [5.41, 5.74) is 0.289. The molecule has 0 fully saturated rings. The Morgan fingerprint density at radius 2 is 1.50 bits per heavy atom. The number of allylic oxidation sites excluding steroid dienone is 2. The summed E-state index contributed by atoms with van der Waals surface area (Å²) in [7, 11) is 0. The largest absolute Gasteiger partial charge is 0.508 e. The number of hydrogen-bond acceptors (Lipinski definition) is 3. The number of hydrogen-bond donors (Lipinski definition) is 0. The highest BCUT2D eigenvalue weighted by Crippen LogP contribution is 2.20. The van der Waals surface area contributed by atoms with E-state index < -0.39 is 6.16 Å². The summed E-state index contributed by atoms with van der Waals surface area (Å²) in [6.07, 6.45) is 11.2. The second kappa shape index (κ2) is 11.8. The lowest BCUT2D eigenvalue weighted by Gasteiger charge is -2.17. The summed E-state index contributed by atoms with van der Waals surface area (Å²) in [5.74, 6) is 0. The molecule has 0 amide bonds. The molecule has 0 spiro atoms. The Labute approximate surface area is 124 Å². The highest BCUT2D eigenvalue weighted by atomic mass is 16.7. The second-order valence-corrected chi connectivity index (χ2v) is 6.37. The molecule has 0 aliphatic rings. The van der Waals surface area contributed by atoms with Gasteiger partial charge in [-0.25, -0.2) is 4.79 Å². The predicted octanol–water partition coefficient (Wildman–Crippen LogP) is 5.49. The van der Waals surface area contributed by atoms with Gasteiger partial charge in [0.05, 0.1) is 13.2 Å². The van der Waals surface area contributed by atoms with E-state index >= 15 is 0 Å². The van der Waals surface area contributed by atoms with Crippen molar-refractivity contribution in [2.45, 2.75) is 72.6 Å². The van der Waals surface area contributed by atoms with E-state index in [0.29, 0.717) is 13.2 Å². The van der Waals surface area contributed by atoms with Gasteiger partial charge in [-0.15, -0.1) is 0 Å². The first-order valence-corrected chi connectivity index (χ1v) is 7.90. The molecule has 0 aliphatic carbocycles. The van der Waals surface area contributed by atoms with Gasteiger partial charge < -0.3 is 9.47 Å². The van der Waals surface area contributed by atoms with Crippen LogP contribution in [0, 0.1) is 5.41 Å². The Balaban J connectivity index is 3.35. The monoisotopic (exact) mass is 284 g/mol. The Kier molecular flexibility index (Phi) is 11.2. The normalized spacial score (nSPS) is 11.8. The van der Waals surface area contributed by atoms with Crippen LogP contribution >= 0.6 is 0 Å². The Bertz CT molecular complexity index is 264. The first-order valence-electron chi connectivity index (χ1n) is 7.90. The van der Waals surface area contributed by atoms with Gasteiger partial charge in [0.25, 0.3) is 0 Å². The van der Waals surface area contributed by atoms with E-state index in [1.54, 1.807) is 0 Å². The molecular weight excluding hydrogens is 252 g/mol. The van der Waals surface area contributed by atoms with Crippen molar-refractivity contribution in [2.24, 2.45) is 5.41 Å². The summed E-state index contributed by atoms with van der Waals surface area (Å²) in [5, 5.41) is 0. The van der Waals surface area contributed by atoms with Gasteiger partial charge in [0, 0.05) is 0 Å². The van der Waals surface area contributed by atoms with E-state index in [9.17, 15) is 4.79 Å². The first-order chi connectivity index (χ1) is 9.45. The summed E-state index contributed by atoms with van der Waals surface area (Å²) < 4.78 is 10.0. The maximum atomic E-state index is 11.3. The van der Waals surface area contributed by atoms with Crippen molar-refractivity contribution < 1.29 is 14.3 Å². The third kappa shape index (κ3) is 15.1. The minimum absolute atomic E-state index is 0.289. The van der Waals surface area contributed by atoms with Crippen molar-refractivity contribution in [1.82, 2.24) is 0 Å². The topological polar surface area (TPSA) is 35.5 Å². The van der Waals surface area contributed by atoms with E-state index in [-0.39, 0.29) is 5.41 Å². The van der Waals surface area contributed by atoms with Crippen LogP contribution < -0.4 is 0 Å². The zero-order chi connectivity index (χ0) is 15.3. The molecule has 0 atom stereocenters. The van der Waals surface area contributed by atoms with Gasteiger partial charge in [-0.05, 0) is 37.5 Å². The van der Waals surface area contributed by atoms with Gasteiger partial charge in [-0.3, -0.25) is 0 Å². The minimum atomic E-state index is -0.533. The van der Waals surface area contributed by atoms with Crippen LogP contribution in [0.1, 0.15) is 72.6 Å². The summed E-state index contributed by atoms with van der Waals surface area (Å²) >= 11 is 0. The molecule has 0 aromatic carbocycles. The SMILES string of the molecule is CCCC/C=C\CCCOC(=O)OCCCC(C)(C)C. The molecule has 0 aliphatic heterocycles. The number of rotatable bonds is 10. The van der Waals surface area contributed by atoms with Crippen molar-refractivity contribution in [3.63, 3.8) is 0 Å². The molecule has 0 bridgehead atoms. The molecule has 0 N–H and O–H groups in total. The molecule has 0 saturated heterocycles. The highest BCUT2D eigenvalue weighted by molar-refractivity contribution is 5.59. The maximum absolute atomic E-state index is 11.3. The number of unbranched alkanes of at least 4 members (excludes halogenated alkanes) is 3. The van der Waals surface area contributed by atoms with Crippen LogP contribution in [0.2, 0.25) is 0 Å². The fourth-order valence-corrected chi connectivity index (χ4v) is 1.71. The lowest BCUT2D eigenvalue weighted by atomic mass is 9.91. The molecule has 118 valence electrons. The molecule has 3 nitrogen and oxygen atoms in total. The summed E-state index contributed by atoms with van der Waals surface area (Å²) in [6.45, 7) is 9.62. The quantitative estimate of drug-likeness (QED) is 0.302. The van der Waals surface area contributed by atoms with Crippen LogP contribution in [-0.2, 0) is 9.47 Å². The van der Waals surface area contributed by atoms with Gasteiger partial charge in [-0.2, -0.15) is 0 Å². The lowest BCUT2D eigenvalue weighted by Crippen LogP contribution is -2.11. The third-order valence-corrected chi connectivity index (χ3v) is 2.92. The second-order valence-electron chi connectivity index (χ2n) is 6.37. The Morgan fingerprint density at radius 1 is 0.950 bits per heavy atom. The van der Waals surface area contributed by atoms with Crippen LogP contribution in [0.5, 0.6) is 0 Å². The average molecular weight is 284 g/mol. The van der Waals surface area contributed by atoms with Crippen LogP contribution in [-0.4, -0.2) is 19.4 Å². The van der Waals surface area contributed by atoms with Gasteiger partial charge in [0.2, 0.25) is 0 Å². The summed E-state index contributed by atoms with van der Waals surface area (Å²) in [4.78, 5) is 11.3. The Hall–Kier alpha value is -0.990. The molecule has 0 aromatic heterocycles. The fourth-order valence-electron chi connectivity index (χ4n) is 1.71. The van der Waals surface area contributed by atoms with Crippen molar-refractivity contribution in [3.05, 3.63) is 12.2 Å². The molecule has 20 heavy (non-hydrogen) atoms. The van der Waals surface area contributed by atoms with Gasteiger partial charge >= 0.3 is 6.16 Å². The Morgan fingerprint density at radius 3 is 2.05 bits per heavy atom. The molecule has 0 radical (unpaired) electrons. The zero-order valence-electron chi connectivity index (χ0n) is 13.7. The fraction of sp³-hybridized carbons (Fsp3) is 0.824. The van der Waals surface area contributed by atoms with E-state index in [0.717, 1.165) is 32.1 Å². The number of carbonyl (C=O) groups excluding carboxylic acids is 1. The van der Waals surface area contributed by atoms with Crippen LogP contribution in [0.15, 0.2) is 12.2 Å². The molecule has 0 aromatic rings. The lowest BCUT2D eigenvalue weighted by molar-refractivity contribution is 0.0518. The molecule has 0 saturated carbocycles. The van der Waals surface area contributed by atoms with Crippen molar-refractivity contribution in [3.8, 4) is 0 Å². The van der Waals surface area contributed by atoms with E-state index in [2.05, 4.69) is 39.8 Å². The molecule has 3 heteroatoms. The average Bonchev–Trinajstić information content (AvgIpc) is 2.37. The summed E-state index contributed by atoms with van der Waals surface area (Å²) in [6, 6.07) is 0. The number of carbonyl (C=O) groups is 1. The van der Waals surface area contributed by atoms with Gasteiger partial charge in [-0.1, -0.05) is 52.7 Å². The van der Waals surface area contributed by atoms with Crippen molar-refractivity contribution >= 4 is 6.16 Å². The molecule has 0 rings (SSSR count). The maximum Gasteiger partial charge on any atom is 0.508 e. The van der Waals surface area contributed by atoms with Gasteiger partial charge in [0.1, 0.15) is 0 Å². The minimum Gasteiger partial charge on any atom is -0.434 e.